The summed E-state index contributed by atoms with van der Waals surface area (Å²) >= 11 is 1.77. The van der Waals surface area contributed by atoms with E-state index in [1.165, 1.54) is 70.0 Å². The average Bonchev–Trinajstić information content (AvgIpc) is 3.68. The van der Waals surface area contributed by atoms with E-state index in [1.54, 1.807) is 16.9 Å². The summed E-state index contributed by atoms with van der Waals surface area (Å²) in [6.07, 6.45) is 11.8. The molecule has 2 unspecified atom stereocenters. The van der Waals surface area contributed by atoms with Gasteiger partial charge in [-0.2, -0.15) is 0 Å². The Balaban J connectivity index is 1.18. The van der Waals surface area contributed by atoms with Crippen LogP contribution in [-0.2, 0) is 10.8 Å². The Labute approximate surface area is 274 Å². The molecule has 0 bridgehead atoms. The van der Waals surface area contributed by atoms with E-state index in [0.717, 1.165) is 32.9 Å². The maximum absolute atomic E-state index is 5.36. The van der Waals surface area contributed by atoms with Crippen molar-refractivity contribution in [1.82, 2.24) is 9.97 Å². The van der Waals surface area contributed by atoms with Crippen molar-refractivity contribution < 1.29 is 0 Å². The molecule has 224 valence electrons. The molecule has 0 amide bonds. The van der Waals surface area contributed by atoms with Gasteiger partial charge in [0.2, 0.25) is 0 Å². The second kappa shape index (κ2) is 9.59. The molecule has 3 heteroatoms. The van der Waals surface area contributed by atoms with Gasteiger partial charge in [-0.3, -0.25) is 0 Å². The van der Waals surface area contributed by atoms with Crippen molar-refractivity contribution >= 4 is 37.2 Å². The van der Waals surface area contributed by atoms with Gasteiger partial charge in [-0.05, 0) is 69.7 Å². The molecule has 2 atom stereocenters. The first kappa shape index (κ1) is 26.8. The minimum Gasteiger partial charge on any atom is -0.227 e. The lowest BCUT2D eigenvalue weighted by Crippen LogP contribution is -2.31. The fourth-order valence-corrected chi connectivity index (χ4v) is 10.7. The van der Waals surface area contributed by atoms with Crippen molar-refractivity contribution in [2.75, 3.05) is 0 Å². The Kier molecular flexibility index (Phi) is 5.60. The minimum absolute atomic E-state index is 0.0935. The minimum atomic E-state index is 0.0935. The zero-order chi connectivity index (χ0) is 30.6. The zero-order valence-corrected chi connectivity index (χ0v) is 27.2. The number of hydrogen-bond acceptors (Lipinski definition) is 3. The zero-order valence-electron chi connectivity index (χ0n) is 26.4. The monoisotopic (exact) mass is 612 g/mol. The molecule has 0 N–H and O–H groups in total. The number of hydrogen-bond donors (Lipinski definition) is 0. The summed E-state index contributed by atoms with van der Waals surface area (Å²) in [5, 5.41) is 2.39. The van der Waals surface area contributed by atoms with Crippen LogP contribution in [0.3, 0.4) is 0 Å². The van der Waals surface area contributed by atoms with Gasteiger partial charge in [0, 0.05) is 37.9 Å². The Bertz CT molecular complexity index is 2280. The van der Waals surface area contributed by atoms with Crippen molar-refractivity contribution in [1.29, 1.82) is 0 Å². The van der Waals surface area contributed by atoms with E-state index in [2.05, 4.69) is 123 Å². The van der Waals surface area contributed by atoms with E-state index < -0.39 is 0 Å². The maximum atomic E-state index is 5.36. The average molecular weight is 613 g/mol. The topological polar surface area (TPSA) is 25.8 Å². The van der Waals surface area contributed by atoms with Crippen LogP contribution >= 0.6 is 11.3 Å². The number of benzene rings is 4. The molecule has 4 aliphatic rings. The molecule has 0 radical (unpaired) electrons. The van der Waals surface area contributed by atoms with Crippen molar-refractivity contribution in [3.05, 3.63) is 137 Å². The fraction of sp³-hybridized carbons (Fsp3) is 0.256. The van der Waals surface area contributed by atoms with Crippen molar-refractivity contribution in [3.8, 4) is 22.6 Å². The third-order valence-corrected chi connectivity index (χ3v) is 12.9. The summed E-state index contributed by atoms with van der Waals surface area (Å²) in [5.74, 6) is 1.72. The molecule has 1 spiro atoms. The van der Waals surface area contributed by atoms with E-state index in [9.17, 15) is 0 Å². The number of aromatic nitrogens is 2. The van der Waals surface area contributed by atoms with Crippen molar-refractivity contribution in [3.63, 3.8) is 0 Å². The molecule has 2 heterocycles. The van der Waals surface area contributed by atoms with Gasteiger partial charge in [0.25, 0.3) is 0 Å². The largest absolute Gasteiger partial charge is 0.227 e. The summed E-state index contributed by atoms with van der Waals surface area (Å²) < 4.78 is 1.26. The van der Waals surface area contributed by atoms with Crippen LogP contribution in [0.15, 0.2) is 115 Å². The quantitative estimate of drug-likeness (QED) is 0.194. The highest BCUT2D eigenvalue weighted by Gasteiger charge is 2.52. The first-order valence-electron chi connectivity index (χ1n) is 17.0. The Morgan fingerprint density at radius 2 is 1.50 bits per heavy atom. The number of thiophene rings is 1. The van der Waals surface area contributed by atoms with Crippen molar-refractivity contribution in [2.45, 2.75) is 62.7 Å². The lowest BCUT2D eigenvalue weighted by Gasteiger charge is -2.39. The first-order chi connectivity index (χ1) is 22.5. The second-order valence-corrected chi connectivity index (χ2v) is 15.5. The van der Waals surface area contributed by atoms with Crippen LogP contribution in [0.4, 0.5) is 0 Å². The number of nitrogens with zero attached hydrogens (tertiary/aromatic N) is 2. The van der Waals surface area contributed by atoms with E-state index in [0.29, 0.717) is 11.8 Å². The van der Waals surface area contributed by atoms with Gasteiger partial charge >= 0.3 is 0 Å². The molecule has 6 aromatic rings. The summed E-state index contributed by atoms with van der Waals surface area (Å²) in [4.78, 5) is 11.7. The third-order valence-electron chi connectivity index (χ3n) is 11.8. The summed E-state index contributed by atoms with van der Waals surface area (Å²) in [6.45, 7) is 4.91. The number of rotatable bonds is 2. The normalized spacial score (nSPS) is 21.9. The van der Waals surface area contributed by atoms with E-state index >= 15 is 0 Å². The Morgan fingerprint density at radius 1 is 0.717 bits per heavy atom. The predicted octanol–water partition coefficient (Wildman–Crippen LogP) is 11.4. The summed E-state index contributed by atoms with van der Waals surface area (Å²) in [7, 11) is 0. The molecule has 1 fully saturated rings. The molecule has 0 aliphatic heterocycles. The maximum Gasteiger partial charge on any atom is 0.161 e. The van der Waals surface area contributed by atoms with Gasteiger partial charge in [-0.1, -0.05) is 130 Å². The lowest BCUT2D eigenvalue weighted by atomic mass is 9.64. The van der Waals surface area contributed by atoms with Crippen LogP contribution < -0.4 is 0 Å². The van der Waals surface area contributed by atoms with Gasteiger partial charge < -0.3 is 0 Å². The Morgan fingerprint density at radius 3 is 2.37 bits per heavy atom. The first-order valence-corrected chi connectivity index (χ1v) is 17.8. The van der Waals surface area contributed by atoms with Crippen LogP contribution in [-0.4, -0.2) is 9.97 Å². The molecule has 4 aliphatic carbocycles. The highest BCUT2D eigenvalue weighted by Crippen LogP contribution is 2.63. The number of fused-ring (bicyclic) bond motifs is 11. The third kappa shape index (κ3) is 3.58. The van der Waals surface area contributed by atoms with E-state index in [-0.39, 0.29) is 10.8 Å². The van der Waals surface area contributed by atoms with Crippen LogP contribution in [0, 0.1) is 5.92 Å². The molecular formula is C43H36N2S. The van der Waals surface area contributed by atoms with Crippen LogP contribution in [0.25, 0.3) is 48.5 Å². The molecule has 46 heavy (non-hydrogen) atoms. The molecule has 2 aromatic heterocycles. The lowest BCUT2D eigenvalue weighted by molar-refractivity contribution is 0.345. The number of allylic oxidation sites excluding steroid dienone is 4. The highest BCUT2D eigenvalue weighted by atomic mass is 32.1. The summed E-state index contributed by atoms with van der Waals surface area (Å²) in [6, 6.07) is 35.7. The molecule has 1 saturated carbocycles. The highest BCUT2D eigenvalue weighted by molar-refractivity contribution is 7.25. The van der Waals surface area contributed by atoms with Gasteiger partial charge in [0.05, 0.1) is 5.69 Å². The predicted molar refractivity (Wildman–Crippen MR) is 192 cm³/mol. The van der Waals surface area contributed by atoms with E-state index in [1.807, 2.05) is 0 Å². The SMILES string of the molecule is CC1(C)c2ccccc2C2C=C3C(=CC21)c1cc(-c2nc(-c4ccccc4)c4c(n2)sc2ccccc24)ccc1C31CCCCC1. The van der Waals surface area contributed by atoms with Gasteiger partial charge in [0.15, 0.2) is 5.82 Å². The Hall–Kier alpha value is -4.34. The fourth-order valence-electron chi connectivity index (χ4n) is 9.61. The van der Waals surface area contributed by atoms with E-state index in [4.69, 9.17) is 9.97 Å². The van der Waals surface area contributed by atoms with Gasteiger partial charge in [-0.25, -0.2) is 9.97 Å². The van der Waals surface area contributed by atoms with Crippen LogP contribution in [0.1, 0.15) is 74.1 Å². The van der Waals surface area contributed by atoms with Gasteiger partial charge in [0.1, 0.15) is 4.83 Å². The molecule has 0 saturated heterocycles. The van der Waals surface area contributed by atoms with Gasteiger partial charge in [-0.15, -0.1) is 11.3 Å². The van der Waals surface area contributed by atoms with Crippen LogP contribution in [0.2, 0.25) is 0 Å². The molecule has 2 nitrogen and oxygen atoms in total. The molecule has 10 rings (SSSR count). The molecular weight excluding hydrogens is 577 g/mol. The van der Waals surface area contributed by atoms with Crippen LogP contribution in [0.5, 0.6) is 0 Å². The molecule has 4 aromatic carbocycles. The second-order valence-electron chi connectivity index (χ2n) is 14.5. The smallest absolute Gasteiger partial charge is 0.161 e. The summed E-state index contributed by atoms with van der Waals surface area (Å²) in [5.41, 5.74) is 12.6. The van der Waals surface area contributed by atoms with Crippen molar-refractivity contribution in [2.24, 2.45) is 5.92 Å². The standard InChI is InChI=1S/C43H36N2S/c1-42(2)33-17-9-7-15-28(33)31-25-36-32(24-35(31)42)30-23-27(19-20-34(30)43(36)21-11-4-12-22-43)40-44-39(26-13-5-3-6-14-26)38-29-16-8-10-18-37(29)46-41(38)45-40/h3,5-10,13-20,23-25,31,35H,4,11-12,21-22H2,1-2H3.